The van der Waals surface area contributed by atoms with Crippen LogP contribution in [-0.2, 0) is 9.47 Å². The molecule has 0 amide bonds. The van der Waals surface area contributed by atoms with E-state index >= 15 is 0 Å². The molecule has 17 heavy (non-hydrogen) atoms. The first-order valence-electron chi connectivity index (χ1n) is 5.22. The smallest absolute Gasteiger partial charge is 0.148 e. The van der Waals surface area contributed by atoms with E-state index < -0.39 is 0 Å². The predicted molar refractivity (Wildman–Crippen MR) is 70.5 cm³/mol. The van der Waals surface area contributed by atoms with Gasteiger partial charge in [0.15, 0.2) is 0 Å². The Bertz CT molecular complexity index is 341. The standard InChI is InChI=1S/C10H15BrClN3O2/c1-16-5-6-17-4-2-3-13-10-8(11)9(12)14-7-15-10/h7H,2-6H2,1H3,(H,13,14,15). The molecule has 0 bridgehead atoms. The number of nitrogens with zero attached hydrogens (tertiary/aromatic N) is 2. The maximum Gasteiger partial charge on any atom is 0.148 e. The minimum Gasteiger partial charge on any atom is -0.382 e. The van der Waals surface area contributed by atoms with Crippen molar-refractivity contribution in [3.8, 4) is 0 Å². The van der Waals surface area contributed by atoms with Crippen LogP contribution in [0.4, 0.5) is 5.82 Å². The fraction of sp³-hybridized carbons (Fsp3) is 0.600. The summed E-state index contributed by atoms with van der Waals surface area (Å²) < 4.78 is 10.9. The van der Waals surface area contributed by atoms with E-state index in [0.717, 1.165) is 13.0 Å². The van der Waals surface area contributed by atoms with E-state index in [0.29, 0.717) is 35.3 Å². The Morgan fingerprint density at radius 1 is 1.35 bits per heavy atom. The number of nitrogens with one attached hydrogen (secondary N) is 1. The SMILES string of the molecule is COCCOCCCNc1ncnc(Cl)c1Br. The minimum atomic E-state index is 0.402. The van der Waals surface area contributed by atoms with Crippen molar-refractivity contribution in [3.63, 3.8) is 0 Å². The predicted octanol–water partition coefficient (Wildman–Crippen LogP) is 2.36. The van der Waals surface area contributed by atoms with Gasteiger partial charge in [0.05, 0.1) is 17.7 Å². The molecule has 1 heterocycles. The van der Waals surface area contributed by atoms with Crippen LogP contribution < -0.4 is 5.32 Å². The van der Waals surface area contributed by atoms with Gasteiger partial charge in [-0.05, 0) is 22.4 Å². The quantitative estimate of drug-likeness (QED) is 0.587. The summed E-state index contributed by atoms with van der Waals surface area (Å²) in [6.07, 6.45) is 2.31. The van der Waals surface area contributed by atoms with Crippen molar-refractivity contribution in [2.45, 2.75) is 6.42 Å². The van der Waals surface area contributed by atoms with Crippen LogP contribution in [0.2, 0.25) is 5.15 Å². The van der Waals surface area contributed by atoms with Crippen molar-refractivity contribution in [3.05, 3.63) is 16.0 Å². The van der Waals surface area contributed by atoms with Crippen LogP contribution in [0.1, 0.15) is 6.42 Å². The van der Waals surface area contributed by atoms with Crippen molar-refractivity contribution >= 4 is 33.3 Å². The van der Waals surface area contributed by atoms with Crippen LogP contribution in [-0.4, -0.2) is 43.4 Å². The van der Waals surface area contributed by atoms with Gasteiger partial charge in [-0.15, -0.1) is 0 Å². The van der Waals surface area contributed by atoms with Crippen molar-refractivity contribution in [2.24, 2.45) is 0 Å². The largest absolute Gasteiger partial charge is 0.382 e. The molecule has 0 aliphatic rings. The number of halogens is 2. The van der Waals surface area contributed by atoms with Gasteiger partial charge in [0.25, 0.3) is 0 Å². The fourth-order valence-electron chi connectivity index (χ4n) is 1.10. The Morgan fingerprint density at radius 3 is 2.94 bits per heavy atom. The molecular formula is C10H15BrClN3O2. The third-order valence-corrected chi connectivity index (χ3v) is 3.20. The summed E-state index contributed by atoms with van der Waals surface area (Å²) in [5, 5.41) is 3.55. The van der Waals surface area contributed by atoms with Crippen LogP contribution in [0.25, 0.3) is 0 Å². The number of rotatable bonds is 8. The Kier molecular flexibility index (Phi) is 7.43. The molecular weight excluding hydrogens is 309 g/mol. The van der Waals surface area contributed by atoms with Crippen LogP contribution in [0.15, 0.2) is 10.8 Å². The molecule has 0 radical (unpaired) electrons. The number of anilines is 1. The minimum absolute atomic E-state index is 0.402. The van der Waals surface area contributed by atoms with Gasteiger partial charge in [0.2, 0.25) is 0 Å². The van der Waals surface area contributed by atoms with E-state index in [1.165, 1.54) is 6.33 Å². The molecule has 0 saturated carbocycles. The Hall–Kier alpha value is -0.430. The molecule has 5 nitrogen and oxygen atoms in total. The molecule has 1 rings (SSSR count). The van der Waals surface area contributed by atoms with Crippen molar-refractivity contribution in [2.75, 3.05) is 38.8 Å². The number of hydrogen-bond donors (Lipinski definition) is 1. The lowest BCUT2D eigenvalue weighted by Crippen LogP contribution is -2.09. The Labute approximate surface area is 114 Å². The highest BCUT2D eigenvalue weighted by atomic mass is 79.9. The molecule has 7 heteroatoms. The average Bonchev–Trinajstić information content (AvgIpc) is 2.33. The molecule has 0 fully saturated rings. The summed E-state index contributed by atoms with van der Waals surface area (Å²) in [5.41, 5.74) is 0. The summed E-state index contributed by atoms with van der Waals surface area (Å²) in [4.78, 5) is 7.92. The molecule has 96 valence electrons. The highest BCUT2D eigenvalue weighted by Gasteiger charge is 2.05. The maximum absolute atomic E-state index is 5.83. The highest BCUT2D eigenvalue weighted by molar-refractivity contribution is 9.10. The number of methoxy groups -OCH3 is 1. The average molecular weight is 325 g/mol. The van der Waals surface area contributed by atoms with Crippen LogP contribution >= 0.6 is 27.5 Å². The first kappa shape index (κ1) is 14.6. The molecule has 0 aliphatic heterocycles. The molecule has 0 aliphatic carbocycles. The zero-order valence-corrected chi connectivity index (χ0v) is 11.9. The lowest BCUT2D eigenvalue weighted by atomic mass is 10.4. The second kappa shape index (κ2) is 8.63. The fourth-order valence-corrected chi connectivity index (χ4v) is 1.58. The normalized spacial score (nSPS) is 10.5. The van der Waals surface area contributed by atoms with E-state index in [-0.39, 0.29) is 0 Å². The third kappa shape index (κ3) is 5.63. The molecule has 1 N–H and O–H groups in total. The summed E-state index contributed by atoms with van der Waals surface area (Å²) in [6.45, 7) is 2.70. The summed E-state index contributed by atoms with van der Waals surface area (Å²) >= 11 is 9.15. The summed E-state index contributed by atoms with van der Waals surface area (Å²) in [7, 11) is 1.65. The maximum atomic E-state index is 5.83. The zero-order chi connectivity index (χ0) is 12.5. The molecule has 0 saturated heterocycles. The van der Waals surface area contributed by atoms with Gasteiger partial charge < -0.3 is 14.8 Å². The van der Waals surface area contributed by atoms with E-state index in [1.807, 2.05) is 0 Å². The first-order valence-corrected chi connectivity index (χ1v) is 6.39. The molecule has 1 aromatic rings. The number of hydrogen-bond acceptors (Lipinski definition) is 5. The van der Waals surface area contributed by atoms with E-state index in [1.54, 1.807) is 7.11 Å². The van der Waals surface area contributed by atoms with E-state index in [4.69, 9.17) is 21.1 Å². The zero-order valence-electron chi connectivity index (χ0n) is 9.58. The van der Waals surface area contributed by atoms with Crippen molar-refractivity contribution in [1.82, 2.24) is 9.97 Å². The van der Waals surface area contributed by atoms with Crippen LogP contribution in [0, 0.1) is 0 Å². The van der Waals surface area contributed by atoms with Gasteiger partial charge in [0.1, 0.15) is 17.3 Å². The molecule has 1 aromatic heterocycles. The van der Waals surface area contributed by atoms with Gasteiger partial charge in [-0.25, -0.2) is 9.97 Å². The second-order valence-electron chi connectivity index (χ2n) is 3.21. The van der Waals surface area contributed by atoms with E-state index in [2.05, 4.69) is 31.2 Å². The molecule has 0 atom stereocenters. The van der Waals surface area contributed by atoms with Gasteiger partial charge in [-0.1, -0.05) is 11.6 Å². The molecule has 0 spiro atoms. The van der Waals surface area contributed by atoms with Gasteiger partial charge >= 0.3 is 0 Å². The van der Waals surface area contributed by atoms with E-state index in [9.17, 15) is 0 Å². The monoisotopic (exact) mass is 323 g/mol. The van der Waals surface area contributed by atoms with Gasteiger partial charge in [-0.2, -0.15) is 0 Å². The Balaban J connectivity index is 2.16. The van der Waals surface area contributed by atoms with Gasteiger partial charge in [0, 0.05) is 20.3 Å². The lowest BCUT2D eigenvalue weighted by Gasteiger charge is -2.08. The summed E-state index contributed by atoms with van der Waals surface area (Å²) in [5.74, 6) is 0.696. The molecule has 0 unspecified atom stereocenters. The van der Waals surface area contributed by atoms with Crippen molar-refractivity contribution in [1.29, 1.82) is 0 Å². The van der Waals surface area contributed by atoms with Gasteiger partial charge in [-0.3, -0.25) is 0 Å². The van der Waals surface area contributed by atoms with Crippen LogP contribution in [0.3, 0.4) is 0 Å². The first-order chi connectivity index (χ1) is 8.25. The Morgan fingerprint density at radius 2 is 2.18 bits per heavy atom. The third-order valence-electron chi connectivity index (χ3n) is 1.94. The molecule has 0 aromatic carbocycles. The van der Waals surface area contributed by atoms with Crippen LogP contribution in [0.5, 0.6) is 0 Å². The summed E-state index contributed by atoms with van der Waals surface area (Å²) in [6, 6.07) is 0. The lowest BCUT2D eigenvalue weighted by molar-refractivity contribution is 0.0705. The second-order valence-corrected chi connectivity index (χ2v) is 4.36. The number of ether oxygens (including phenoxy) is 2. The van der Waals surface area contributed by atoms with Crippen molar-refractivity contribution < 1.29 is 9.47 Å². The highest BCUT2D eigenvalue weighted by Crippen LogP contribution is 2.25. The number of aromatic nitrogens is 2. The topological polar surface area (TPSA) is 56.3 Å².